The fourth-order valence-electron chi connectivity index (χ4n) is 3.33. The number of aryl methyl sites for hydroxylation is 1. The van der Waals surface area contributed by atoms with Gasteiger partial charge in [-0.2, -0.15) is 0 Å². The zero-order valence-electron chi connectivity index (χ0n) is 14.7. The van der Waals surface area contributed by atoms with Crippen LogP contribution in [0.1, 0.15) is 17.2 Å². The van der Waals surface area contributed by atoms with E-state index in [9.17, 15) is 4.79 Å². The summed E-state index contributed by atoms with van der Waals surface area (Å²) in [6, 6.07) is 13.6. The molecule has 1 amide bonds. The number of carbonyl (C=O) groups is 1. The second-order valence-electron chi connectivity index (χ2n) is 6.48. The highest BCUT2D eigenvalue weighted by Gasteiger charge is 2.36. The van der Waals surface area contributed by atoms with Gasteiger partial charge >= 0.3 is 0 Å². The average molecular weight is 340 g/mol. The Labute approximate surface area is 148 Å². The van der Waals surface area contributed by atoms with Gasteiger partial charge in [0.25, 0.3) is 5.91 Å². The Morgan fingerprint density at radius 3 is 2.84 bits per heavy atom. The largest absolute Gasteiger partial charge is 0.484 e. The van der Waals surface area contributed by atoms with Crippen LogP contribution in [0.2, 0.25) is 0 Å². The molecule has 1 aromatic carbocycles. The Morgan fingerprint density at radius 1 is 1.24 bits per heavy atom. The first-order valence-electron chi connectivity index (χ1n) is 8.54. The maximum Gasteiger partial charge on any atom is 0.260 e. The van der Waals surface area contributed by atoms with Crippen LogP contribution in [0.15, 0.2) is 48.7 Å². The van der Waals surface area contributed by atoms with E-state index in [1.165, 1.54) is 0 Å². The van der Waals surface area contributed by atoms with Crippen LogP contribution in [0, 0.1) is 12.8 Å². The average Bonchev–Trinajstić information content (AvgIpc) is 3.05. The third kappa shape index (κ3) is 4.37. The molecule has 2 heterocycles. The topological polar surface area (TPSA) is 51.7 Å². The van der Waals surface area contributed by atoms with E-state index < -0.39 is 0 Å². The van der Waals surface area contributed by atoms with Gasteiger partial charge in [-0.15, -0.1) is 0 Å². The van der Waals surface area contributed by atoms with Crippen molar-refractivity contribution in [2.45, 2.75) is 12.8 Å². The second kappa shape index (κ2) is 8.12. The molecule has 0 spiro atoms. The summed E-state index contributed by atoms with van der Waals surface area (Å²) >= 11 is 0. The Balaban J connectivity index is 1.63. The molecular formula is C20H24N2O3. The molecule has 0 N–H and O–H groups in total. The maximum absolute atomic E-state index is 12.6. The van der Waals surface area contributed by atoms with Crippen LogP contribution in [-0.4, -0.2) is 49.2 Å². The quantitative estimate of drug-likeness (QED) is 0.811. The Kier molecular flexibility index (Phi) is 5.66. The molecule has 0 radical (unpaired) electrons. The van der Waals surface area contributed by atoms with E-state index in [4.69, 9.17) is 9.47 Å². The van der Waals surface area contributed by atoms with E-state index in [1.807, 2.05) is 54.3 Å². The monoisotopic (exact) mass is 340 g/mol. The van der Waals surface area contributed by atoms with Crippen LogP contribution in [0.4, 0.5) is 0 Å². The molecule has 132 valence electrons. The predicted molar refractivity (Wildman–Crippen MR) is 95.6 cm³/mol. The fraction of sp³-hybridized carbons (Fsp3) is 0.400. The molecule has 1 aliphatic rings. The van der Waals surface area contributed by atoms with Crippen LogP contribution in [0.25, 0.3) is 0 Å². The van der Waals surface area contributed by atoms with Gasteiger partial charge in [-0.25, -0.2) is 0 Å². The summed E-state index contributed by atoms with van der Waals surface area (Å²) in [6.07, 6.45) is 1.80. The number of likely N-dealkylation sites (tertiary alicyclic amines) is 1. The van der Waals surface area contributed by atoms with Gasteiger partial charge in [-0.1, -0.05) is 18.2 Å². The van der Waals surface area contributed by atoms with Gasteiger partial charge in [-0.3, -0.25) is 9.78 Å². The first kappa shape index (κ1) is 17.4. The highest BCUT2D eigenvalue weighted by molar-refractivity contribution is 5.78. The van der Waals surface area contributed by atoms with Crippen molar-refractivity contribution in [3.63, 3.8) is 0 Å². The standard InChI is InChI=1S/C20H24N2O3/c1-15-6-5-7-17(10-15)25-14-20(23)22-11-16(13-24-2)18(12-22)19-8-3-4-9-21-19/h3-10,16,18H,11-14H2,1-2H3/t16-,18+/m0/s1. The first-order valence-corrected chi connectivity index (χ1v) is 8.54. The number of nitrogens with zero attached hydrogens (tertiary/aromatic N) is 2. The summed E-state index contributed by atoms with van der Waals surface area (Å²) in [4.78, 5) is 18.9. The molecule has 5 nitrogen and oxygen atoms in total. The molecule has 0 aliphatic carbocycles. The summed E-state index contributed by atoms with van der Waals surface area (Å²) in [5.41, 5.74) is 2.13. The molecule has 2 aromatic rings. The summed E-state index contributed by atoms with van der Waals surface area (Å²) < 4.78 is 11.0. The van der Waals surface area contributed by atoms with E-state index in [2.05, 4.69) is 4.98 Å². The van der Waals surface area contributed by atoms with Gasteiger partial charge in [0.2, 0.25) is 0 Å². The number of hydrogen-bond acceptors (Lipinski definition) is 4. The van der Waals surface area contributed by atoms with Gasteiger partial charge in [0.1, 0.15) is 5.75 Å². The zero-order chi connectivity index (χ0) is 17.6. The number of rotatable bonds is 6. The minimum Gasteiger partial charge on any atom is -0.484 e. The van der Waals surface area contributed by atoms with Gasteiger partial charge in [0.15, 0.2) is 6.61 Å². The van der Waals surface area contributed by atoms with Crippen molar-refractivity contribution in [1.82, 2.24) is 9.88 Å². The van der Waals surface area contributed by atoms with Gasteiger partial charge < -0.3 is 14.4 Å². The molecule has 1 aromatic heterocycles. The highest BCUT2D eigenvalue weighted by Crippen LogP contribution is 2.31. The molecule has 1 saturated heterocycles. The van der Waals surface area contributed by atoms with Gasteiger partial charge in [0.05, 0.1) is 6.61 Å². The minimum absolute atomic E-state index is 0.000963. The van der Waals surface area contributed by atoms with E-state index in [0.717, 1.165) is 17.0 Å². The lowest BCUT2D eigenvalue weighted by Crippen LogP contribution is -2.33. The number of methoxy groups -OCH3 is 1. The molecule has 3 rings (SSSR count). The van der Waals surface area contributed by atoms with E-state index in [-0.39, 0.29) is 24.3 Å². The van der Waals surface area contributed by atoms with Gasteiger partial charge in [-0.05, 0) is 36.8 Å². The lowest BCUT2D eigenvalue weighted by atomic mass is 9.93. The zero-order valence-corrected chi connectivity index (χ0v) is 14.7. The molecule has 25 heavy (non-hydrogen) atoms. The molecule has 0 bridgehead atoms. The lowest BCUT2D eigenvalue weighted by Gasteiger charge is -2.17. The summed E-state index contributed by atoms with van der Waals surface area (Å²) in [7, 11) is 1.70. The molecule has 0 unspecified atom stereocenters. The summed E-state index contributed by atoms with van der Waals surface area (Å²) in [5.74, 6) is 1.18. The van der Waals surface area contributed by atoms with Crippen molar-refractivity contribution >= 4 is 5.91 Å². The number of carbonyl (C=O) groups excluding carboxylic acids is 1. The number of ether oxygens (including phenoxy) is 2. The van der Waals surface area contributed by atoms with Crippen LogP contribution in [0.3, 0.4) is 0 Å². The number of hydrogen-bond donors (Lipinski definition) is 0. The third-order valence-electron chi connectivity index (χ3n) is 4.59. The predicted octanol–water partition coefficient (Wildman–Crippen LogP) is 2.66. The Morgan fingerprint density at radius 2 is 2.12 bits per heavy atom. The Bertz CT molecular complexity index is 705. The van der Waals surface area contributed by atoms with Gasteiger partial charge in [0, 0.05) is 43.9 Å². The number of benzene rings is 1. The molecule has 5 heteroatoms. The van der Waals surface area contributed by atoms with E-state index in [0.29, 0.717) is 19.7 Å². The van der Waals surface area contributed by atoms with E-state index >= 15 is 0 Å². The number of aromatic nitrogens is 1. The van der Waals surface area contributed by atoms with Crippen LogP contribution in [0.5, 0.6) is 5.75 Å². The second-order valence-corrected chi connectivity index (χ2v) is 6.48. The van der Waals surface area contributed by atoms with Crippen molar-refractivity contribution in [1.29, 1.82) is 0 Å². The number of amides is 1. The molecule has 1 fully saturated rings. The van der Waals surface area contributed by atoms with Crippen molar-refractivity contribution < 1.29 is 14.3 Å². The fourth-order valence-corrected chi connectivity index (χ4v) is 3.33. The van der Waals surface area contributed by atoms with Crippen molar-refractivity contribution in [3.05, 3.63) is 59.9 Å². The highest BCUT2D eigenvalue weighted by atomic mass is 16.5. The maximum atomic E-state index is 12.6. The smallest absolute Gasteiger partial charge is 0.260 e. The SMILES string of the molecule is COC[C@@H]1CN(C(=O)COc2cccc(C)c2)C[C@H]1c1ccccn1. The number of pyridine rings is 1. The molecule has 1 aliphatic heterocycles. The van der Waals surface area contributed by atoms with Crippen molar-refractivity contribution in [3.8, 4) is 5.75 Å². The van der Waals surface area contributed by atoms with E-state index in [1.54, 1.807) is 13.3 Å². The molecule has 0 saturated carbocycles. The molecular weight excluding hydrogens is 316 g/mol. The molecule has 2 atom stereocenters. The van der Waals surface area contributed by atoms with Crippen LogP contribution < -0.4 is 4.74 Å². The van der Waals surface area contributed by atoms with Crippen molar-refractivity contribution in [2.75, 3.05) is 33.4 Å². The first-order chi connectivity index (χ1) is 12.2. The minimum atomic E-state index is 0.000963. The third-order valence-corrected chi connectivity index (χ3v) is 4.59. The van der Waals surface area contributed by atoms with Crippen LogP contribution in [-0.2, 0) is 9.53 Å². The Hall–Kier alpha value is -2.40. The lowest BCUT2D eigenvalue weighted by molar-refractivity contribution is -0.132. The normalized spacial score (nSPS) is 19.8. The summed E-state index contributed by atoms with van der Waals surface area (Å²) in [6.45, 7) is 4.00. The summed E-state index contributed by atoms with van der Waals surface area (Å²) in [5, 5.41) is 0. The van der Waals surface area contributed by atoms with Crippen LogP contribution >= 0.6 is 0 Å². The van der Waals surface area contributed by atoms with Crippen molar-refractivity contribution in [2.24, 2.45) is 5.92 Å².